The number of carbonyl (C=O) groups is 1. The molecule has 98 valence electrons. The average molecular weight is 241 g/mol. The molecule has 0 radical (unpaired) electrons. The highest BCUT2D eigenvalue weighted by Crippen LogP contribution is 2.44. The topological polar surface area (TPSA) is 49.8 Å². The first kappa shape index (κ1) is 12.7. The summed E-state index contributed by atoms with van der Waals surface area (Å²) in [6.45, 7) is 6.49. The van der Waals surface area contributed by atoms with Gasteiger partial charge in [0.1, 0.15) is 5.60 Å². The van der Waals surface area contributed by atoms with Gasteiger partial charge in [-0.3, -0.25) is 0 Å². The van der Waals surface area contributed by atoms with Crippen LogP contribution in [0.2, 0.25) is 0 Å². The van der Waals surface area contributed by atoms with E-state index >= 15 is 0 Å². The largest absolute Gasteiger partial charge is 0.444 e. The first-order valence-corrected chi connectivity index (χ1v) is 6.46. The Morgan fingerprint density at radius 2 is 2.00 bits per heavy atom. The van der Waals surface area contributed by atoms with Crippen molar-refractivity contribution in [3.8, 4) is 0 Å². The number of aliphatic hydroxyl groups excluding tert-OH is 1. The monoisotopic (exact) mass is 241 g/mol. The highest BCUT2D eigenvalue weighted by molar-refractivity contribution is 5.69. The molecule has 0 unspecified atom stereocenters. The quantitative estimate of drug-likeness (QED) is 0.765. The summed E-state index contributed by atoms with van der Waals surface area (Å²) >= 11 is 0. The first-order chi connectivity index (χ1) is 7.85. The molecular weight excluding hydrogens is 218 g/mol. The lowest BCUT2D eigenvalue weighted by Gasteiger charge is -2.51. The number of fused-ring (bicyclic) bond motifs is 3. The molecule has 4 heteroatoms. The molecule has 3 fully saturated rings. The third-order valence-electron chi connectivity index (χ3n) is 3.93. The smallest absolute Gasteiger partial charge is 0.410 e. The maximum atomic E-state index is 12.1. The van der Waals surface area contributed by atoms with E-state index in [1.54, 1.807) is 0 Å². The summed E-state index contributed by atoms with van der Waals surface area (Å²) in [5, 5.41) is 9.52. The van der Waals surface area contributed by atoms with E-state index in [2.05, 4.69) is 0 Å². The van der Waals surface area contributed by atoms with Gasteiger partial charge in [-0.15, -0.1) is 0 Å². The Morgan fingerprint density at radius 3 is 2.47 bits per heavy atom. The molecule has 1 saturated carbocycles. The van der Waals surface area contributed by atoms with Crippen LogP contribution in [0.5, 0.6) is 0 Å². The second-order valence-electron chi connectivity index (χ2n) is 6.50. The molecule has 0 aromatic rings. The van der Waals surface area contributed by atoms with Crippen molar-refractivity contribution < 1.29 is 14.6 Å². The number of hydrogen-bond donors (Lipinski definition) is 1. The van der Waals surface area contributed by atoms with Gasteiger partial charge >= 0.3 is 6.09 Å². The summed E-state index contributed by atoms with van der Waals surface area (Å²) in [6.07, 6.45) is 3.85. The fourth-order valence-electron chi connectivity index (χ4n) is 2.92. The minimum absolute atomic E-state index is 0.0638. The third kappa shape index (κ3) is 2.57. The molecule has 1 aliphatic carbocycles. The number of amides is 1. The second-order valence-corrected chi connectivity index (χ2v) is 6.50. The van der Waals surface area contributed by atoms with Crippen molar-refractivity contribution in [1.82, 2.24) is 4.90 Å². The van der Waals surface area contributed by atoms with Gasteiger partial charge in [-0.05, 0) is 46.5 Å². The van der Waals surface area contributed by atoms with E-state index in [1.165, 1.54) is 0 Å². The Kier molecular flexibility index (Phi) is 3.10. The van der Waals surface area contributed by atoms with Crippen LogP contribution in [-0.4, -0.2) is 40.9 Å². The van der Waals surface area contributed by atoms with Gasteiger partial charge in [-0.2, -0.15) is 0 Å². The zero-order valence-electron chi connectivity index (χ0n) is 11.0. The van der Waals surface area contributed by atoms with E-state index in [-0.39, 0.29) is 18.1 Å². The molecule has 17 heavy (non-hydrogen) atoms. The van der Waals surface area contributed by atoms with Crippen LogP contribution in [0.3, 0.4) is 0 Å². The Labute approximate surface area is 103 Å². The van der Waals surface area contributed by atoms with E-state index in [0.29, 0.717) is 12.6 Å². The van der Waals surface area contributed by atoms with Crippen molar-refractivity contribution in [2.45, 2.75) is 58.1 Å². The zero-order valence-corrected chi connectivity index (χ0v) is 11.0. The number of hydrogen-bond acceptors (Lipinski definition) is 3. The molecule has 0 atom stereocenters. The summed E-state index contributed by atoms with van der Waals surface area (Å²) in [5.74, 6) is 0. The number of piperidine rings is 2. The summed E-state index contributed by atoms with van der Waals surface area (Å²) < 4.78 is 5.42. The summed E-state index contributed by atoms with van der Waals surface area (Å²) in [4.78, 5) is 13.9. The van der Waals surface area contributed by atoms with E-state index in [4.69, 9.17) is 4.74 Å². The molecule has 1 N–H and O–H groups in total. The van der Waals surface area contributed by atoms with Crippen LogP contribution in [0.1, 0.15) is 46.5 Å². The highest BCUT2D eigenvalue weighted by atomic mass is 16.6. The zero-order chi connectivity index (χ0) is 12.7. The third-order valence-corrected chi connectivity index (χ3v) is 3.93. The van der Waals surface area contributed by atoms with Gasteiger partial charge < -0.3 is 14.7 Å². The molecule has 2 aliphatic heterocycles. The maximum Gasteiger partial charge on any atom is 0.410 e. The molecule has 3 aliphatic rings. The van der Waals surface area contributed by atoms with Crippen molar-refractivity contribution in [2.75, 3.05) is 13.2 Å². The number of rotatable bonds is 1. The van der Waals surface area contributed by atoms with Gasteiger partial charge in [0.05, 0.1) is 6.61 Å². The van der Waals surface area contributed by atoms with E-state index in [9.17, 15) is 9.90 Å². The number of nitrogens with zero attached hydrogens (tertiary/aromatic N) is 1. The Bertz CT molecular complexity index is 300. The number of ether oxygens (including phenoxy) is 1. The molecule has 3 rings (SSSR count). The van der Waals surface area contributed by atoms with Crippen molar-refractivity contribution in [3.05, 3.63) is 0 Å². The van der Waals surface area contributed by atoms with Crippen LogP contribution in [0.25, 0.3) is 0 Å². The molecular formula is C13H23NO3. The van der Waals surface area contributed by atoms with Crippen molar-refractivity contribution in [2.24, 2.45) is 5.41 Å². The predicted molar refractivity (Wildman–Crippen MR) is 64.7 cm³/mol. The lowest BCUT2D eigenvalue weighted by Crippen LogP contribution is -2.58. The van der Waals surface area contributed by atoms with Gasteiger partial charge in [0.25, 0.3) is 0 Å². The fourth-order valence-corrected chi connectivity index (χ4v) is 2.92. The Hall–Kier alpha value is -0.770. The van der Waals surface area contributed by atoms with Crippen molar-refractivity contribution in [1.29, 1.82) is 0 Å². The second kappa shape index (κ2) is 4.16. The number of carbonyl (C=O) groups excluding carboxylic acids is 1. The van der Waals surface area contributed by atoms with Crippen LogP contribution < -0.4 is 0 Å². The maximum absolute atomic E-state index is 12.1. The van der Waals surface area contributed by atoms with Gasteiger partial charge in [0.15, 0.2) is 0 Å². The SMILES string of the molecule is CC(C)(C)OC(=O)N1CC2(CO)CCC1CC2. The average Bonchev–Trinajstić information content (AvgIpc) is 2.28. The molecule has 1 amide bonds. The van der Waals surface area contributed by atoms with Gasteiger partial charge in [-0.25, -0.2) is 4.79 Å². The lowest BCUT2D eigenvalue weighted by atomic mass is 9.68. The van der Waals surface area contributed by atoms with E-state index in [1.807, 2.05) is 25.7 Å². The van der Waals surface area contributed by atoms with Gasteiger partial charge in [0.2, 0.25) is 0 Å². The van der Waals surface area contributed by atoms with E-state index < -0.39 is 5.60 Å². The number of aliphatic hydroxyl groups is 1. The van der Waals surface area contributed by atoms with Crippen LogP contribution in [0.4, 0.5) is 4.79 Å². The van der Waals surface area contributed by atoms with Crippen LogP contribution in [0.15, 0.2) is 0 Å². The predicted octanol–water partition coefficient (Wildman–Crippen LogP) is 2.16. The van der Waals surface area contributed by atoms with Crippen LogP contribution in [-0.2, 0) is 4.74 Å². The minimum Gasteiger partial charge on any atom is -0.444 e. The van der Waals surface area contributed by atoms with Crippen LogP contribution >= 0.6 is 0 Å². The summed E-state index contributed by atoms with van der Waals surface area (Å²) in [7, 11) is 0. The van der Waals surface area contributed by atoms with Crippen molar-refractivity contribution in [3.63, 3.8) is 0 Å². The minimum atomic E-state index is -0.444. The molecule has 2 saturated heterocycles. The fraction of sp³-hybridized carbons (Fsp3) is 0.923. The molecule has 4 nitrogen and oxygen atoms in total. The molecule has 2 heterocycles. The highest BCUT2D eigenvalue weighted by Gasteiger charge is 2.46. The van der Waals surface area contributed by atoms with Crippen molar-refractivity contribution >= 4 is 6.09 Å². The molecule has 2 bridgehead atoms. The first-order valence-electron chi connectivity index (χ1n) is 6.46. The summed E-state index contributed by atoms with van der Waals surface area (Å²) in [6, 6.07) is 0.318. The van der Waals surface area contributed by atoms with Crippen LogP contribution in [0, 0.1) is 5.41 Å². The molecule has 0 aromatic heterocycles. The van der Waals surface area contributed by atoms with Gasteiger partial charge in [0, 0.05) is 18.0 Å². The Balaban J connectivity index is 2.05. The normalized spacial score (nSPS) is 32.7. The van der Waals surface area contributed by atoms with E-state index in [0.717, 1.165) is 25.7 Å². The lowest BCUT2D eigenvalue weighted by molar-refractivity contribution is -0.0610. The standard InChI is InChI=1S/C13H23NO3/c1-12(2,3)17-11(16)14-8-13(9-15)6-4-10(14)5-7-13/h10,15H,4-9H2,1-3H3. The molecule has 0 aromatic carbocycles. The summed E-state index contributed by atoms with van der Waals surface area (Å²) in [5.41, 5.74) is -0.508. The van der Waals surface area contributed by atoms with Gasteiger partial charge in [-0.1, -0.05) is 0 Å². The Morgan fingerprint density at radius 1 is 1.41 bits per heavy atom. The molecule has 0 spiro atoms.